The maximum Gasteiger partial charge on any atom is 0.251 e. The smallest absolute Gasteiger partial charge is 0.251 e. The normalized spacial score (nSPS) is 10.6. The fourth-order valence-corrected chi connectivity index (χ4v) is 2.16. The molecule has 2 aromatic rings. The molecule has 0 aliphatic heterocycles. The van der Waals surface area contributed by atoms with Crippen LogP contribution >= 0.6 is 11.6 Å². The van der Waals surface area contributed by atoms with Crippen LogP contribution in [0.15, 0.2) is 30.3 Å². The molecule has 0 unspecified atom stereocenters. The Morgan fingerprint density at radius 3 is 2.60 bits per heavy atom. The summed E-state index contributed by atoms with van der Waals surface area (Å²) < 4.78 is 1.96. The summed E-state index contributed by atoms with van der Waals surface area (Å²) in [6, 6.07) is 8.92. The maximum absolute atomic E-state index is 11.9. The third-order valence-electron chi connectivity index (χ3n) is 3.04. The number of carbonyl (C=O) groups is 1. The Labute approximate surface area is 123 Å². The molecule has 0 atom stereocenters. The number of nitrogens with zero attached hydrogens (tertiary/aromatic N) is 2. The highest BCUT2D eigenvalue weighted by Gasteiger charge is 2.05. The molecule has 0 saturated heterocycles. The van der Waals surface area contributed by atoms with Crippen molar-refractivity contribution in [3.63, 3.8) is 0 Å². The van der Waals surface area contributed by atoms with Crippen LogP contribution in [-0.2, 0) is 6.54 Å². The van der Waals surface area contributed by atoms with E-state index < -0.39 is 0 Å². The van der Waals surface area contributed by atoms with Crippen LogP contribution in [0, 0.1) is 13.8 Å². The highest BCUT2D eigenvalue weighted by atomic mass is 35.5. The first-order valence-corrected chi connectivity index (χ1v) is 6.99. The van der Waals surface area contributed by atoms with Gasteiger partial charge in [0.2, 0.25) is 0 Å². The standard InChI is InChI=1S/C15H18ClN3O/c1-11-10-12(2)19(18-11)9-3-8-17-15(20)13-4-6-14(16)7-5-13/h4-7,10H,3,8-9H2,1-2H3,(H,17,20). The SMILES string of the molecule is Cc1cc(C)n(CCCNC(=O)c2ccc(Cl)cc2)n1. The van der Waals surface area contributed by atoms with Crippen molar-refractivity contribution >= 4 is 17.5 Å². The first-order valence-electron chi connectivity index (χ1n) is 6.61. The topological polar surface area (TPSA) is 46.9 Å². The van der Waals surface area contributed by atoms with Gasteiger partial charge >= 0.3 is 0 Å². The lowest BCUT2D eigenvalue weighted by Crippen LogP contribution is -2.25. The quantitative estimate of drug-likeness (QED) is 0.861. The highest BCUT2D eigenvalue weighted by molar-refractivity contribution is 6.30. The lowest BCUT2D eigenvalue weighted by atomic mass is 10.2. The molecule has 0 saturated carbocycles. The molecule has 2 rings (SSSR count). The molecule has 0 aliphatic rings. The molecule has 1 amide bonds. The number of hydrogen-bond acceptors (Lipinski definition) is 2. The van der Waals surface area contributed by atoms with Crippen molar-refractivity contribution in [3.8, 4) is 0 Å². The molecule has 4 nitrogen and oxygen atoms in total. The second-order valence-corrected chi connectivity index (χ2v) is 5.20. The van der Waals surface area contributed by atoms with Gasteiger partial charge in [0.1, 0.15) is 0 Å². The first-order chi connectivity index (χ1) is 9.56. The van der Waals surface area contributed by atoms with Gasteiger partial charge in [0, 0.05) is 29.4 Å². The van der Waals surface area contributed by atoms with Crippen LogP contribution in [0.5, 0.6) is 0 Å². The third-order valence-corrected chi connectivity index (χ3v) is 3.29. The number of aryl methyl sites for hydroxylation is 3. The van der Waals surface area contributed by atoms with E-state index in [2.05, 4.69) is 10.4 Å². The van der Waals surface area contributed by atoms with E-state index in [1.54, 1.807) is 24.3 Å². The van der Waals surface area contributed by atoms with Crippen LogP contribution in [0.25, 0.3) is 0 Å². The summed E-state index contributed by atoms with van der Waals surface area (Å²) in [5.41, 5.74) is 2.79. The van der Waals surface area contributed by atoms with Crippen LogP contribution in [0.2, 0.25) is 5.02 Å². The average molecular weight is 292 g/mol. The van der Waals surface area contributed by atoms with Gasteiger partial charge in [-0.25, -0.2) is 0 Å². The molecule has 1 aromatic heterocycles. The molecule has 5 heteroatoms. The Bertz CT molecular complexity index is 590. The monoisotopic (exact) mass is 291 g/mol. The van der Waals surface area contributed by atoms with Crippen molar-refractivity contribution in [2.24, 2.45) is 0 Å². The summed E-state index contributed by atoms with van der Waals surface area (Å²) in [4.78, 5) is 11.9. The van der Waals surface area contributed by atoms with Gasteiger partial charge in [-0.05, 0) is 50.6 Å². The van der Waals surface area contributed by atoms with E-state index in [-0.39, 0.29) is 5.91 Å². The Hall–Kier alpha value is -1.81. The summed E-state index contributed by atoms with van der Waals surface area (Å²) in [6.45, 7) is 5.44. The van der Waals surface area contributed by atoms with Crippen molar-refractivity contribution in [1.82, 2.24) is 15.1 Å². The molecule has 0 aliphatic carbocycles. The van der Waals surface area contributed by atoms with Gasteiger partial charge in [-0.15, -0.1) is 0 Å². The van der Waals surface area contributed by atoms with Gasteiger partial charge < -0.3 is 5.32 Å². The van der Waals surface area contributed by atoms with Crippen molar-refractivity contribution in [1.29, 1.82) is 0 Å². The number of halogens is 1. The third kappa shape index (κ3) is 3.84. The van der Waals surface area contributed by atoms with Crippen molar-refractivity contribution < 1.29 is 4.79 Å². The molecule has 1 heterocycles. The summed E-state index contributed by atoms with van der Waals surface area (Å²) in [7, 11) is 0. The zero-order valence-electron chi connectivity index (χ0n) is 11.7. The van der Waals surface area contributed by atoms with Gasteiger partial charge in [0.25, 0.3) is 5.91 Å². The van der Waals surface area contributed by atoms with Crippen LogP contribution < -0.4 is 5.32 Å². The second-order valence-electron chi connectivity index (χ2n) is 4.77. The zero-order valence-corrected chi connectivity index (χ0v) is 12.4. The predicted octanol–water partition coefficient (Wildman–Crippen LogP) is 2.97. The molecule has 1 N–H and O–H groups in total. The highest BCUT2D eigenvalue weighted by Crippen LogP contribution is 2.09. The van der Waals surface area contributed by atoms with E-state index in [1.165, 1.54) is 0 Å². The van der Waals surface area contributed by atoms with Gasteiger partial charge in [-0.2, -0.15) is 5.10 Å². The molecule has 0 spiro atoms. The Balaban J connectivity index is 1.77. The number of carbonyl (C=O) groups excluding carboxylic acids is 1. The van der Waals surface area contributed by atoms with Gasteiger partial charge in [-0.1, -0.05) is 11.6 Å². The lowest BCUT2D eigenvalue weighted by molar-refractivity contribution is 0.0952. The first kappa shape index (κ1) is 14.6. The summed E-state index contributed by atoms with van der Waals surface area (Å²) in [6.07, 6.45) is 0.849. The summed E-state index contributed by atoms with van der Waals surface area (Å²) >= 11 is 5.79. The molecular formula is C15H18ClN3O. The maximum atomic E-state index is 11.9. The van der Waals surface area contributed by atoms with Crippen LogP contribution in [-0.4, -0.2) is 22.2 Å². The van der Waals surface area contributed by atoms with Crippen LogP contribution in [0.1, 0.15) is 28.2 Å². The molecule has 0 fully saturated rings. The number of benzene rings is 1. The minimum Gasteiger partial charge on any atom is -0.352 e. The van der Waals surface area contributed by atoms with Gasteiger partial charge in [0.05, 0.1) is 5.69 Å². The lowest BCUT2D eigenvalue weighted by Gasteiger charge is -2.07. The van der Waals surface area contributed by atoms with Gasteiger partial charge in [-0.3, -0.25) is 9.48 Å². The number of hydrogen-bond donors (Lipinski definition) is 1. The van der Waals surface area contributed by atoms with E-state index >= 15 is 0 Å². The Morgan fingerprint density at radius 1 is 1.30 bits per heavy atom. The molecule has 20 heavy (non-hydrogen) atoms. The van der Waals surface area contributed by atoms with E-state index in [0.29, 0.717) is 17.1 Å². The van der Waals surface area contributed by atoms with Crippen molar-refractivity contribution in [3.05, 3.63) is 52.3 Å². The zero-order chi connectivity index (χ0) is 14.5. The van der Waals surface area contributed by atoms with E-state index in [4.69, 9.17) is 11.6 Å². The molecule has 1 aromatic carbocycles. The fourth-order valence-electron chi connectivity index (χ4n) is 2.04. The summed E-state index contributed by atoms with van der Waals surface area (Å²) in [5.74, 6) is -0.0740. The van der Waals surface area contributed by atoms with Crippen molar-refractivity contribution in [2.45, 2.75) is 26.8 Å². The number of aromatic nitrogens is 2. The van der Waals surface area contributed by atoms with Crippen LogP contribution in [0.3, 0.4) is 0 Å². The van der Waals surface area contributed by atoms with Crippen molar-refractivity contribution in [2.75, 3.05) is 6.54 Å². The van der Waals surface area contributed by atoms with Gasteiger partial charge in [0.15, 0.2) is 0 Å². The van der Waals surface area contributed by atoms with Crippen LogP contribution in [0.4, 0.5) is 0 Å². The minimum atomic E-state index is -0.0740. The summed E-state index contributed by atoms with van der Waals surface area (Å²) in [5, 5.41) is 7.91. The minimum absolute atomic E-state index is 0.0740. The number of nitrogens with one attached hydrogen (secondary N) is 1. The average Bonchev–Trinajstić information content (AvgIpc) is 2.73. The Kier molecular flexibility index (Phi) is 4.79. The molecule has 106 valence electrons. The second kappa shape index (κ2) is 6.57. The van der Waals surface area contributed by atoms with E-state index in [9.17, 15) is 4.79 Å². The van der Waals surface area contributed by atoms with E-state index in [1.807, 2.05) is 24.6 Å². The fraction of sp³-hybridized carbons (Fsp3) is 0.333. The molecule has 0 bridgehead atoms. The number of amides is 1. The predicted molar refractivity (Wildman–Crippen MR) is 80.1 cm³/mol. The molecule has 0 radical (unpaired) electrons. The molecular weight excluding hydrogens is 274 g/mol. The Morgan fingerprint density at radius 2 is 2.00 bits per heavy atom. The number of rotatable bonds is 5. The largest absolute Gasteiger partial charge is 0.352 e. The van der Waals surface area contributed by atoms with E-state index in [0.717, 1.165) is 24.4 Å².